The third-order valence-electron chi connectivity index (χ3n) is 2.65. The molecular formula is C11H16N4O2. The Bertz CT molecular complexity index is 423. The monoisotopic (exact) mass is 236 g/mol. The van der Waals surface area contributed by atoms with Gasteiger partial charge in [0.25, 0.3) is 5.91 Å². The summed E-state index contributed by atoms with van der Waals surface area (Å²) in [5.74, 6) is -0.202. The molecule has 0 saturated heterocycles. The second-order valence-electron chi connectivity index (χ2n) is 4.26. The van der Waals surface area contributed by atoms with Gasteiger partial charge in [0, 0.05) is 24.7 Å². The van der Waals surface area contributed by atoms with Crippen molar-refractivity contribution in [1.29, 1.82) is 0 Å². The number of nitrogens with zero attached hydrogens (tertiary/aromatic N) is 1. The van der Waals surface area contributed by atoms with Crippen LogP contribution in [0.1, 0.15) is 35.3 Å². The molecule has 1 fully saturated rings. The number of hydrogen-bond donors (Lipinski definition) is 3. The smallest absolute Gasteiger partial charge is 0.254 e. The van der Waals surface area contributed by atoms with Crippen molar-refractivity contribution >= 4 is 11.8 Å². The summed E-state index contributed by atoms with van der Waals surface area (Å²) in [7, 11) is 0. The number of rotatable bonds is 5. The van der Waals surface area contributed by atoms with Crippen LogP contribution in [-0.2, 0) is 4.79 Å². The van der Waals surface area contributed by atoms with Gasteiger partial charge < -0.3 is 10.6 Å². The quantitative estimate of drug-likeness (QED) is 0.678. The first-order valence-corrected chi connectivity index (χ1v) is 5.74. The van der Waals surface area contributed by atoms with E-state index in [0.717, 1.165) is 18.5 Å². The molecule has 0 aliphatic heterocycles. The topological polar surface area (TPSA) is 86.9 Å². The second-order valence-corrected chi connectivity index (χ2v) is 4.26. The van der Waals surface area contributed by atoms with Gasteiger partial charge in [0.15, 0.2) is 0 Å². The van der Waals surface area contributed by atoms with E-state index in [0.29, 0.717) is 24.6 Å². The molecule has 0 unspecified atom stereocenters. The molecule has 1 aromatic rings. The molecule has 6 heteroatoms. The molecule has 1 aromatic heterocycles. The molecule has 1 saturated carbocycles. The summed E-state index contributed by atoms with van der Waals surface area (Å²) >= 11 is 0. The second kappa shape index (κ2) is 4.99. The van der Waals surface area contributed by atoms with E-state index in [2.05, 4.69) is 20.8 Å². The molecule has 2 amide bonds. The van der Waals surface area contributed by atoms with Crippen LogP contribution in [0, 0.1) is 6.92 Å². The van der Waals surface area contributed by atoms with Crippen LogP contribution in [0.4, 0.5) is 0 Å². The van der Waals surface area contributed by atoms with Crippen LogP contribution < -0.4 is 10.6 Å². The van der Waals surface area contributed by atoms with Gasteiger partial charge in [0.2, 0.25) is 5.91 Å². The lowest BCUT2D eigenvalue weighted by Gasteiger charge is -2.05. The normalized spacial score (nSPS) is 14.4. The highest BCUT2D eigenvalue weighted by Crippen LogP contribution is 2.18. The van der Waals surface area contributed by atoms with E-state index in [4.69, 9.17) is 0 Å². The summed E-state index contributed by atoms with van der Waals surface area (Å²) in [6, 6.07) is 0.370. The lowest BCUT2D eigenvalue weighted by atomic mass is 10.2. The van der Waals surface area contributed by atoms with E-state index in [9.17, 15) is 9.59 Å². The first-order chi connectivity index (χ1) is 8.16. The average molecular weight is 236 g/mol. The summed E-state index contributed by atoms with van der Waals surface area (Å²) in [5, 5.41) is 12.0. The third kappa shape index (κ3) is 3.30. The summed E-state index contributed by atoms with van der Waals surface area (Å²) < 4.78 is 0. The van der Waals surface area contributed by atoms with Crippen molar-refractivity contribution in [3.05, 3.63) is 17.5 Å². The largest absolute Gasteiger partial charge is 0.353 e. The van der Waals surface area contributed by atoms with Crippen molar-refractivity contribution < 1.29 is 9.59 Å². The number of carbonyl (C=O) groups is 2. The molecule has 0 aromatic carbocycles. The maximum Gasteiger partial charge on any atom is 0.254 e. The molecule has 2 rings (SSSR count). The van der Waals surface area contributed by atoms with Gasteiger partial charge in [-0.25, -0.2) is 0 Å². The minimum Gasteiger partial charge on any atom is -0.353 e. The fraction of sp³-hybridized carbons (Fsp3) is 0.545. The van der Waals surface area contributed by atoms with Crippen LogP contribution in [0.3, 0.4) is 0 Å². The lowest BCUT2D eigenvalue weighted by molar-refractivity contribution is -0.121. The summed E-state index contributed by atoms with van der Waals surface area (Å²) in [6.45, 7) is 2.13. The SMILES string of the molecule is Cc1[nH]ncc1C(=O)NCCC(=O)NC1CC1. The van der Waals surface area contributed by atoms with Crippen molar-refractivity contribution in [3.63, 3.8) is 0 Å². The number of hydrogen-bond acceptors (Lipinski definition) is 3. The molecule has 92 valence electrons. The lowest BCUT2D eigenvalue weighted by Crippen LogP contribution is -2.31. The number of nitrogens with one attached hydrogen (secondary N) is 3. The van der Waals surface area contributed by atoms with Crippen LogP contribution >= 0.6 is 0 Å². The molecule has 3 N–H and O–H groups in total. The molecule has 0 bridgehead atoms. The predicted octanol–water partition coefficient (Wildman–Crippen LogP) is 0.117. The molecule has 6 nitrogen and oxygen atoms in total. The van der Waals surface area contributed by atoms with Crippen molar-refractivity contribution in [3.8, 4) is 0 Å². The Hall–Kier alpha value is -1.85. The Labute approximate surface area is 99.2 Å². The minimum atomic E-state index is -0.199. The highest BCUT2D eigenvalue weighted by molar-refractivity contribution is 5.95. The van der Waals surface area contributed by atoms with Crippen LogP contribution in [0.15, 0.2) is 6.20 Å². The summed E-state index contributed by atoms with van der Waals surface area (Å²) in [4.78, 5) is 23.0. The van der Waals surface area contributed by atoms with E-state index >= 15 is 0 Å². The Morgan fingerprint density at radius 3 is 2.88 bits per heavy atom. The number of H-pyrrole nitrogens is 1. The highest BCUT2D eigenvalue weighted by atomic mass is 16.2. The van der Waals surface area contributed by atoms with Gasteiger partial charge in [-0.05, 0) is 19.8 Å². The zero-order chi connectivity index (χ0) is 12.3. The number of carbonyl (C=O) groups excluding carboxylic acids is 2. The maximum absolute atomic E-state index is 11.6. The molecule has 0 spiro atoms. The Morgan fingerprint density at radius 2 is 2.29 bits per heavy atom. The fourth-order valence-corrected chi connectivity index (χ4v) is 1.49. The van der Waals surface area contributed by atoms with Crippen LogP contribution in [0.2, 0.25) is 0 Å². The van der Waals surface area contributed by atoms with Gasteiger partial charge in [0.05, 0.1) is 11.8 Å². The third-order valence-corrected chi connectivity index (χ3v) is 2.65. The zero-order valence-electron chi connectivity index (χ0n) is 9.75. The Kier molecular flexibility index (Phi) is 3.41. The van der Waals surface area contributed by atoms with E-state index in [1.807, 2.05) is 0 Å². The summed E-state index contributed by atoms with van der Waals surface area (Å²) in [6.07, 6.45) is 3.95. The molecule has 17 heavy (non-hydrogen) atoms. The number of aromatic nitrogens is 2. The number of aryl methyl sites for hydroxylation is 1. The highest BCUT2D eigenvalue weighted by Gasteiger charge is 2.22. The van der Waals surface area contributed by atoms with Gasteiger partial charge >= 0.3 is 0 Å². The Morgan fingerprint density at radius 1 is 1.53 bits per heavy atom. The Balaban J connectivity index is 1.69. The minimum absolute atomic E-state index is 0.00304. The van der Waals surface area contributed by atoms with E-state index in [1.54, 1.807) is 6.92 Å². The van der Waals surface area contributed by atoms with E-state index in [-0.39, 0.29) is 11.8 Å². The standard InChI is InChI=1S/C11H16N4O2/c1-7-9(6-13-15-7)11(17)12-5-4-10(16)14-8-2-3-8/h6,8H,2-5H2,1H3,(H,12,17)(H,13,15)(H,14,16). The van der Waals surface area contributed by atoms with Gasteiger partial charge in [-0.2, -0.15) is 5.10 Å². The van der Waals surface area contributed by atoms with Crippen LogP contribution in [0.25, 0.3) is 0 Å². The maximum atomic E-state index is 11.6. The van der Waals surface area contributed by atoms with Crippen molar-refractivity contribution in [2.24, 2.45) is 0 Å². The van der Waals surface area contributed by atoms with Gasteiger partial charge in [-0.1, -0.05) is 0 Å². The zero-order valence-corrected chi connectivity index (χ0v) is 9.75. The van der Waals surface area contributed by atoms with Crippen LogP contribution in [0.5, 0.6) is 0 Å². The van der Waals surface area contributed by atoms with Crippen molar-refractivity contribution in [2.75, 3.05) is 6.54 Å². The predicted molar refractivity (Wildman–Crippen MR) is 61.4 cm³/mol. The molecule has 0 radical (unpaired) electrons. The van der Waals surface area contributed by atoms with Gasteiger partial charge in [-0.15, -0.1) is 0 Å². The molecule has 1 aliphatic rings. The van der Waals surface area contributed by atoms with Gasteiger partial charge in [-0.3, -0.25) is 14.7 Å². The molecular weight excluding hydrogens is 220 g/mol. The van der Waals surface area contributed by atoms with E-state index in [1.165, 1.54) is 6.20 Å². The first-order valence-electron chi connectivity index (χ1n) is 5.74. The fourth-order valence-electron chi connectivity index (χ4n) is 1.49. The summed E-state index contributed by atoms with van der Waals surface area (Å²) in [5.41, 5.74) is 1.25. The molecule has 1 heterocycles. The van der Waals surface area contributed by atoms with Crippen molar-refractivity contribution in [2.45, 2.75) is 32.2 Å². The van der Waals surface area contributed by atoms with E-state index < -0.39 is 0 Å². The average Bonchev–Trinajstić information content (AvgIpc) is 2.98. The molecule has 1 aliphatic carbocycles. The number of aromatic amines is 1. The van der Waals surface area contributed by atoms with Gasteiger partial charge in [0.1, 0.15) is 0 Å². The first kappa shape index (κ1) is 11.6. The molecule has 0 atom stereocenters. The van der Waals surface area contributed by atoms with Crippen molar-refractivity contribution in [1.82, 2.24) is 20.8 Å². The number of amides is 2. The van der Waals surface area contributed by atoms with Crippen LogP contribution in [-0.4, -0.2) is 34.6 Å².